The van der Waals surface area contributed by atoms with E-state index in [1.54, 1.807) is 7.11 Å². The van der Waals surface area contributed by atoms with Gasteiger partial charge in [-0.15, -0.1) is 0 Å². The van der Waals surface area contributed by atoms with E-state index in [0.29, 0.717) is 26.1 Å². The van der Waals surface area contributed by atoms with E-state index in [1.165, 1.54) is 14.2 Å². The van der Waals surface area contributed by atoms with Crippen LogP contribution < -0.4 is 0 Å². The summed E-state index contributed by atoms with van der Waals surface area (Å²) in [6, 6.07) is 0. The van der Waals surface area contributed by atoms with E-state index in [1.807, 2.05) is 0 Å². The van der Waals surface area contributed by atoms with E-state index in [-0.39, 0.29) is 29.8 Å². The predicted molar refractivity (Wildman–Crippen MR) is 64.0 cm³/mol. The molecule has 0 aliphatic heterocycles. The second-order valence-corrected chi connectivity index (χ2v) is 2.84. The van der Waals surface area contributed by atoms with Crippen LogP contribution in [-0.4, -0.2) is 58.0 Å². The molecule has 1 N–H and O–H groups in total. The van der Waals surface area contributed by atoms with Crippen molar-refractivity contribution in [1.29, 1.82) is 0 Å². The van der Waals surface area contributed by atoms with Gasteiger partial charge < -0.3 is 19.3 Å². The van der Waals surface area contributed by atoms with Gasteiger partial charge in [-0.3, -0.25) is 9.59 Å². The maximum absolute atomic E-state index is 10.3. The Morgan fingerprint density at radius 1 is 1.00 bits per heavy atom. The molecule has 0 bridgehead atoms. The molecular formula is C10H21ClO6V. The largest absolute Gasteiger partial charge is 0.469 e. The van der Waals surface area contributed by atoms with E-state index in [2.05, 4.69) is 14.2 Å². The molecule has 0 heterocycles. The summed E-state index contributed by atoms with van der Waals surface area (Å²) in [4.78, 5) is 20.2. The number of hydrogen-bond donors (Lipinski definition) is 1. The summed E-state index contributed by atoms with van der Waals surface area (Å²) < 4.78 is 13.5. The van der Waals surface area contributed by atoms with E-state index in [4.69, 9.17) is 16.7 Å². The summed E-state index contributed by atoms with van der Waals surface area (Å²) in [7, 11) is 5.43. The number of ether oxygens (including phenoxy) is 3. The van der Waals surface area contributed by atoms with Crippen molar-refractivity contribution in [2.45, 2.75) is 12.8 Å². The fourth-order valence-corrected chi connectivity index (χ4v) is 0.547. The smallest absolute Gasteiger partial charge is 0.307 e. The first kappa shape index (κ1) is 26.5. The summed E-state index contributed by atoms with van der Waals surface area (Å²) in [5.41, 5.74) is 0. The summed E-state index contributed by atoms with van der Waals surface area (Å²) in [5, 5.41) is 6.65. The quantitative estimate of drug-likeness (QED) is 0.569. The van der Waals surface area contributed by atoms with Crippen LogP contribution in [0, 0.1) is 0 Å². The number of esters is 1. The van der Waals surface area contributed by atoms with Gasteiger partial charge in [-0.2, -0.15) is 0 Å². The SMILES string of the molecule is CO.COCCC(=O)Cl.COCCC(=O)OC.[V]. The standard InChI is InChI=1S/C5H10O3.C4H7ClO2.CH4O.V/c1-7-4-3-5(6)8-2;1-7-3-2-4(5)6;1-2;/h3-4H2,1-2H3;2-3H2,1H3;2H,1H3;. The summed E-state index contributed by atoms with van der Waals surface area (Å²) in [5.74, 6) is -0.230. The second kappa shape index (κ2) is 25.7. The minimum absolute atomic E-state index is 0. The van der Waals surface area contributed by atoms with Crippen LogP contribution in [0.4, 0.5) is 0 Å². The fraction of sp³-hybridized carbons (Fsp3) is 0.800. The first-order chi connectivity index (χ1) is 8.08. The van der Waals surface area contributed by atoms with Crippen LogP contribution in [0.1, 0.15) is 12.8 Å². The summed E-state index contributed by atoms with van der Waals surface area (Å²) in [6.45, 7) is 0.856. The molecule has 8 heteroatoms. The van der Waals surface area contributed by atoms with Gasteiger partial charge in [0.15, 0.2) is 0 Å². The molecule has 0 aliphatic rings. The third-order valence-electron chi connectivity index (χ3n) is 1.24. The van der Waals surface area contributed by atoms with Crippen LogP contribution in [0.5, 0.6) is 0 Å². The zero-order valence-electron chi connectivity index (χ0n) is 11.1. The van der Waals surface area contributed by atoms with Gasteiger partial charge in [0, 0.05) is 46.3 Å². The number of halogens is 1. The Labute approximate surface area is 125 Å². The number of aliphatic hydroxyl groups is 1. The normalized spacial score (nSPS) is 7.67. The number of methoxy groups -OCH3 is 3. The number of rotatable bonds is 6. The number of aliphatic hydroxyl groups excluding tert-OH is 1. The van der Waals surface area contributed by atoms with Gasteiger partial charge in [-0.25, -0.2) is 0 Å². The maximum atomic E-state index is 10.3. The van der Waals surface area contributed by atoms with Gasteiger partial charge in [-0.05, 0) is 11.6 Å². The van der Waals surface area contributed by atoms with Crippen molar-refractivity contribution in [1.82, 2.24) is 0 Å². The summed E-state index contributed by atoms with van der Waals surface area (Å²) in [6.07, 6.45) is 0.644. The Bertz CT molecular complexity index is 180. The van der Waals surface area contributed by atoms with Crippen LogP contribution in [-0.2, 0) is 42.4 Å². The molecule has 6 nitrogen and oxygen atoms in total. The van der Waals surface area contributed by atoms with Crippen molar-refractivity contribution in [3.05, 3.63) is 0 Å². The van der Waals surface area contributed by atoms with Gasteiger partial charge >= 0.3 is 5.97 Å². The van der Waals surface area contributed by atoms with Crippen molar-refractivity contribution >= 4 is 22.8 Å². The number of carbonyl (C=O) groups is 2. The van der Waals surface area contributed by atoms with E-state index >= 15 is 0 Å². The van der Waals surface area contributed by atoms with Gasteiger partial charge in [0.2, 0.25) is 5.24 Å². The molecule has 0 saturated carbocycles. The van der Waals surface area contributed by atoms with Crippen LogP contribution in [0.25, 0.3) is 0 Å². The van der Waals surface area contributed by atoms with E-state index < -0.39 is 0 Å². The molecule has 0 amide bonds. The molecule has 0 aromatic rings. The molecule has 1 radical (unpaired) electrons. The third-order valence-corrected chi connectivity index (χ3v) is 1.43. The van der Waals surface area contributed by atoms with Crippen molar-refractivity contribution in [2.24, 2.45) is 0 Å². The van der Waals surface area contributed by atoms with Crippen LogP contribution in [0.2, 0.25) is 0 Å². The van der Waals surface area contributed by atoms with Crippen molar-refractivity contribution in [3.63, 3.8) is 0 Å². The third kappa shape index (κ3) is 36.0. The number of carbonyl (C=O) groups excluding carboxylic acids is 2. The van der Waals surface area contributed by atoms with Crippen LogP contribution in [0.15, 0.2) is 0 Å². The Morgan fingerprint density at radius 2 is 1.39 bits per heavy atom. The van der Waals surface area contributed by atoms with Crippen molar-refractivity contribution in [2.75, 3.05) is 41.7 Å². The average Bonchev–Trinajstić information content (AvgIpc) is 2.36. The second-order valence-electron chi connectivity index (χ2n) is 2.42. The Hall–Kier alpha value is -0.106. The minimum atomic E-state index is -0.346. The monoisotopic (exact) mass is 323 g/mol. The molecule has 0 rings (SSSR count). The number of hydrogen-bond acceptors (Lipinski definition) is 6. The topological polar surface area (TPSA) is 82.1 Å². The molecule has 0 fully saturated rings. The molecule has 109 valence electrons. The first-order valence-electron chi connectivity index (χ1n) is 4.76. The Morgan fingerprint density at radius 3 is 1.61 bits per heavy atom. The average molecular weight is 324 g/mol. The molecule has 0 aromatic heterocycles. The molecule has 0 aromatic carbocycles. The van der Waals surface area contributed by atoms with Gasteiger partial charge in [-0.1, -0.05) is 0 Å². The molecule has 0 aliphatic carbocycles. The summed E-state index contributed by atoms with van der Waals surface area (Å²) >= 11 is 4.94. The Kier molecular flexibility index (Phi) is 37.7. The van der Waals surface area contributed by atoms with Crippen LogP contribution in [0.3, 0.4) is 0 Å². The molecule has 0 spiro atoms. The van der Waals surface area contributed by atoms with Gasteiger partial charge in [0.05, 0.1) is 26.7 Å². The maximum Gasteiger partial charge on any atom is 0.307 e. The van der Waals surface area contributed by atoms with E-state index in [9.17, 15) is 9.59 Å². The van der Waals surface area contributed by atoms with Crippen LogP contribution >= 0.6 is 11.6 Å². The molecule has 0 saturated heterocycles. The van der Waals surface area contributed by atoms with Gasteiger partial charge in [0.25, 0.3) is 0 Å². The van der Waals surface area contributed by atoms with Crippen molar-refractivity contribution in [3.8, 4) is 0 Å². The molecule has 18 heavy (non-hydrogen) atoms. The van der Waals surface area contributed by atoms with Crippen molar-refractivity contribution < 1.29 is 47.5 Å². The Balaban J connectivity index is -0.0000000916. The molecule has 0 atom stereocenters. The minimum Gasteiger partial charge on any atom is -0.469 e. The molecule has 0 unspecified atom stereocenters. The fourth-order valence-electron chi connectivity index (χ4n) is 0.470. The first-order valence-corrected chi connectivity index (χ1v) is 5.14. The van der Waals surface area contributed by atoms with Gasteiger partial charge in [0.1, 0.15) is 0 Å². The zero-order valence-corrected chi connectivity index (χ0v) is 13.3. The molecular weight excluding hydrogens is 303 g/mol. The predicted octanol–water partition coefficient (Wildman–Crippen LogP) is 0.590. The van der Waals surface area contributed by atoms with E-state index in [0.717, 1.165) is 7.11 Å². The zero-order chi connectivity index (χ0) is 14.1.